The molecule has 0 bridgehead atoms. The van der Waals surface area contributed by atoms with Crippen molar-refractivity contribution < 1.29 is 9.53 Å². The van der Waals surface area contributed by atoms with Gasteiger partial charge in [0.25, 0.3) is 0 Å². The second-order valence-electron chi connectivity index (χ2n) is 7.83. The molecule has 1 saturated heterocycles. The van der Waals surface area contributed by atoms with Crippen molar-refractivity contribution in [2.24, 2.45) is 18.9 Å². The van der Waals surface area contributed by atoms with Crippen LogP contribution >= 0.6 is 0 Å². The molecule has 0 unspecified atom stereocenters. The molecule has 5 nitrogen and oxygen atoms in total. The molecule has 0 radical (unpaired) electrons. The van der Waals surface area contributed by atoms with E-state index in [4.69, 9.17) is 4.74 Å². The highest BCUT2D eigenvalue weighted by atomic mass is 16.5. The number of imidazole rings is 1. The van der Waals surface area contributed by atoms with Gasteiger partial charge in [0.15, 0.2) is 0 Å². The van der Waals surface area contributed by atoms with Crippen molar-refractivity contribution in [3.8, 4) is 0 Å². The maximum Gasteiger partial charge on any atom is 0.223 e. The van der Waals surface area contributed by atoms with E-state index in [1.807, 2.05) is 17.8 Å². The van der Waals surface area contributed by atoms with Crippen LogP contribution in [0.2, 0.25) is 0 Å². The highest BCUT2D eigenvalue weighted by Crippen LogP contribution is 2.31. The Kier molecular flexibility index (Phi) is 6.51. The third-order valence-corrected chi connectivity index (χ3v) is 5.98. The van der Waals surface area contributed by atoms with E-state index in [1.54, 1.807) is 6.20 Å². The summed E-state index contributed by atoms with van der Waals surface area (Å²) in [5.74, 6) is 2.11. The van der Waals surface area contributed by atoms with Crippen LogP contribution < -0.4 is 5.32 Å². The van der Waals surface area contributed by atoms with Crippen molar-refractivity contribution in [1.29, 1.82) is 0 Å². The first-order chi connectivity index (χ1) is 12.2. The van der Waals surface area contributed by atoms with E-state index in [1.165, 1.54) is 32.1 Å². The quantitative estimate of drug-likeness (QED) is 0.852. The summed E-state index contributed by atoms with van der Waals surface area (Å²) in [6.45, 7) is 2.83. The van der Waals surface area contributed by atoms with E-state index < -0.39 is 0 Å². The first-order valence-electron chi connectivity index (χ1n) is 10.1. The molecule has 1 N–H and O–H groups in total. The van der Waals surface area contributed by atoms with Gasteiger partial charge in [-0.3, -0.25) is 4.79 Å². The predicted molar refractivity (Wildman–Crippen MR) is 98.0 cm³/mol. The fourth-order valence-corrected chi connectivity index (χ4v) is 4.40. The Balaban J connectivity index is 1.52. The van der Waals surface area contributed by atoms with E-state index in [2.05, 4.69) is 17.2 Å². The van der Waals surface area contributed by atoms with Crippen LogP contribution in [0.15, 0.2) is 12.4 Å². The van der Waals surface area contributed by atoms with Gasteiger partial charge in [-0.2, -0.15) is 0 Å². The second kappa shape index (κ2) is 8.84. The molecule has 1 aliphatic heterocycles. The Morgan fingerprint density at radius 2 is 2.16 bits per heavy atom. The van der Waals surface area contributed by atoms with Gasteiger partial charge in [0.2, 0.25) is 5.91 Å². The van der Waals surface area contributed by atoms with Crippen LogP contribution in [-0.4, -0.2) is 28.1 Å². The number of hydrogen-bond acceptors (Lipinski definition) is 3. The van der Waals surface area contributed by atoms with Crippen molar-refractivity contribution in [2.75, 3.05) is 6.61 Å². The summed E-state index contributed by atoms with van der Waals surface area (Å²) in [6.07, 6.45) is 14.1. The van der Waals surface area contributed by atoms with Gasteiger partial charge in [-0.05, 0) is 25.2 Å². The lowest BCUT2D eigenvalue weighted by Gasteiger charge is -2.31. The number of aryl methyl sites for hydroxylation is 1. The van der Waals surface area contributed by atoms with Gasteiger partial charge in [-0.25, -0.2) is 4.98 Å². The molecule has 5 heteroatoms. The van der Waals surface area contributed by atoms with Crippen LogP contribution in [0.5, 0.6) is 0 Å². The zero-order valence-electron chi connectivity index (χ0n) is 15.7. The summed E-state index contributed by atoms with van der Waals surface area (Å²) in [7, 11) is 1.99. The van der Waals surface area contributed by atoms with Crippen molar-refractivity contribution >= 4 is 5.91 Å². The van der Waals surface area contributed by atoms with Gasteiger partial charge < -0.3 is 14.6 Å². The van der Waals surface area contributed by atoms with Gasteiger partial charge in [-0.1, -0.05) is 39.0 Å². The predicted octanol–water partition coefficient (Wildman–Crippen LogP) is 3.75. The zero-order chi connectivity index (χ0) is 17.6. The molecule has 2 heterocycles. The zero-order valence-corrected chi connectivity index (χ0v) is 15.7. The molecule has 1 aromatic heterocycles. The summed E-state index contributed by atoms with van der Waals surface area (Å²) < 4.78 is 7.90. The topological polar surface area (TPSA) is 56.1 Å². The lowest BCUT2D eigenvalue weighted by atomic mass is 9.81. The number of nitrogens with one attached hydrogen (secondary N) is 1. The standard InChI is InChI=1S/C20H33N3O2/c1-3-16(13-15-7-5-4-6-8-15)20(24)22-17-9-12-25-18(14-17)19-21-10-11-23(19)2/h10-11,15-18H,3-9,12-14H2,1-2H3,(H,22,24)/t16-,17-,18+/m1/s1. The van der Waals surface area contributed by atoms with Crippen LogP contribution in [0.4, 0.5) is 0 Å². The van der Waals surface area contributed by atoms with Crippen molar-refractivity contribution in [2.45, 2.75) is 76.9 Å². The van der Waals surface area contributed by atoms with E-state index in [0.29, 0.717) is 6.61 Å². The molecule has 1 aromatic rings. The normalized spacial score (nSPS) is 26.3. The van der Waals surface area contributed by atoms with Crippen molar-refractivity contribution in [1.82, 2.24) is 14.9 Å². The Hall–Kier alpha value is -1.36. The first kappa shape index (κ1) is 18.4. The average Bonchev–Trinajstić information content (AvgIpc) is 3.06. The lowest BCUT2D eigenvalue weighted by Crippen LogP contribution is -2.43. The Labute approximate surface area is 151 Å². The van der Waals surface area contributed by atoms with Crippen LogP contribution in [-0.2, 0) is 16.6 Å². The van der Waals surface area contributed by atoms with Crippen LogP contribution in [0, 0.1) is 11.8 Å². The number of amides is 1. The Bertz CT molecular complexity index is 551. The number of carbonyl (C=O) groups excluding carboxylic acids is 1. The summed E-state index contributed by atoms with van der Waals surface area (Å²) >= 11 is 0. The molecule has 0 spiro atoms. The minimum atomic E-state index is -0.0162. The second-order valence-corrected chi connectivity index (χ2v) is 7.83. The van der Waals surface area contributed by atoms with Crippen molar-refractivity contribution in [3.63, 3.8) is 0 Å². The van der Waals surface area contributed by atoms with E-state index >= 15 is 0 Å². The van der Waals surface area contributed by atoms with Gasteiger partial charge in [-0.15, -0.1) is 0 Å². The molecule has 1 amide bonds. The van der Waals surface area contributed by atoms with Crippen LogP contribution in [0.3, 0.4) is 0 Å². The molecule has 1 aliphatic carbocycles. The van der Waals surface area contributed by atoms with Gasteiger partial charge in [0.05, 0.1) is 0 Å². The van der Waals surface area contributed by atoms with E-state index in [9.17, 15) is 4.79 Å². The third-order valence-electron chi connectivity index (χ3n) is 5.98. The van der Waals surface area contributed by atoms with Gasteiger partial charge >= 0.3 is 0 Å². The Morgan fingerprint density at radius 3 is 2.84 bits per heavy atom. The number of carbonyl (C=O) groups is 1. The monoisotopic (exact) mass is 347 g/mol. The molecular weight excluding hydrogens is 314 g/mol. The number of ether oxygens (including phenoxy) is 1. The van der Waals surface area contributed by atoms with E-state index in [-0.39, 0.29) is 24.0 Å². The van der Waals surface area contributed by atoms with E-state index in [0.717, 1.165) is 37.4 Å². The van der Waals surface area contributed by atoms with Crippen LogP contribution in [0.25, 0.3) is 0 Å². The van der Waals surface area contributed by atoms with Gasteiger partial charge in [0, 0.05) is 44.4 Å². The molecule has 2 fully saturated rings. The fourth-order valence-electron chi connectivity index (χ4n) is 4.40. The molecule has 0 aromatic carbocycles. The number of aromatic nitrogens is 2. The summed E-state index contributed by atoms with van der Waals surface area (Å²) in [5, 5.41) is 3.31. The summed E-state index contributed by atoms with van der Waals surface area (Å²) in [5.41, 5.74) is 0. The summed E-state index contributed by atoms with van der Waals surface area (Å²) in [4.78, 5) is 17.2. The van der Waals surface area contributed by atoms with Crippen LogP contribution in [0.1, 0.15) is 76.6 Å². The minimum Gasteiger partial charge on any atom is -0.370 e. The smallest absolute Gasteiger partial charge is 0.223 e. The number of hydrogen-bond donors (Lipinski definition) is 1. The first-order valence-corrected chi connectivity index (χ1v) is 10.1. The number of rotatable bonds is 6. The largest absolute Gasteiger partial charge is 0.370 e. The summed E-state index contributed by atoms with van der Waals surface area (Å²) in [6, 6.07) is 0.198. The average molecular weight is 348 g/mol. The lowest BCUT2D eigenvalue weighted by molar-refractivity contribution is -0.127. The maximum atomic E-state index is 12.8. The molecule has 25 heavy (non-hydrogen) atoms. The minimum absolute atomic E-state index is 0.0162. The van der Waals surface area contributed by atoms with Crippen molar-refractivity contribution in [3.05, 3.63) is 18.2 Å². The molecule has 3 rings (SSSR count). The third kappa shape index (κ3) is 4.84. The van der Waals surface area contributed by atoms with Gasteiger partial charge in [0.1, 0.15) is 11.9 Å². The Morgan fingerprint density at radius 1 is 1.36 bits per heavy atom. The highest BCUT2D eigenvalue weighted by molar-refractivity contribution is 5.78. The highest BCUT2D eigenvalue weighted by Gasteiger charge is 2.30. The number of nitrogens with zero attached hydrogens (tertiary/aromatic N) is 2. The molecule has 140 valence electrons. The molecule has 2 aliphatic rings. The fraction of sp³-hybridized carbons (Fsp3) is 0.800. The SMILES string of the molecule is CC[C@H](CC1CCCCC1)C(=O)N[C@@H]1CCO[C@H](c2nccn2C)C1. The molecular formula is C20H33N3O2. The molecule has 3 atom stereocenters. The maximum absolute atomic E-state index is 12.8. The molecule has 1 saturated carbocycles.